The van der Waals surface area contributed by atoms with Crippen LogP contribution >= 0.6 is 0 Å². The van der Waals surface area contributed by atoms with Crippen molar-refractivity contribution in [3.63, 3.8) is 0 Å². The van der Waals surface area contributed by atoms with Crippen molar-refractivity contribution in [2.75, 3.05) is 7.11 Å². The molecule has 0 rings (SSSR count). The summed E-state index contributed by atoms with van der Waals surface area (Å²) in [5, 5.41) is 0. The van der Waals surface area contributed by atoms with Gasteiger partial charge in [-0.15, -0.1) is 13.2 Å². The number of esters is 1. The molecule has 0 aromatic rings. The Hall–Kier alpha value is -0.427. The average Bonchev–Trinajstić information content (AvgIpc) is 1.91. The van der Waals surface area contributed by atoms with Crippen LogP contribution in [0.15, 0.2) is 25.3 Å². The molecule has 0 aliphatic rings. The van der Waals surface area contributed by atoms with Crippen LogP contribution in [0.4, 0.5) is 0 Å². The first-order valence-corrected chi connectivity index (χ1v) is 2.42. The topological polar surface area (TPSA) is 26.3 Å². The second kappa shape index (κ2) is 11.4. The van der Waals surface area contributed by atoms with E-state index in [-0.39, 0.29) is 25.4 Å². The number of hydrogen-bond acceptors (Lipinski definition) is 2. The van der Waals surface area contributed by atoms with Gasteiger partial charge in [0.1, 0.15) is 0 Å². The summed E-state index contributed by atoms with van der Waals surface area (Å²) < 4.78 is 4.27. The predicted molar refractivity (Wildman–Crippen MR) is 38.1 cm³/mol. The van der Waals surface area contributed by atoms with Crippen molar-refractivity contribution in [1.82, 2.24) is 0 Å². The number of ether oxygens (including phenoxy) is 1. The molecule has 0 aromatic carbocycles. The maximum absolute atomic E-state index is 10.2. The molecule has 0 saturated heterocycles. The molecule has 0 bridgehead atoms. The SMILES string of the molecule is C=C.C=C(C)C(=O)OC.[Zn]. The predicted octanol–water partition coefficient (Wildman–Crippen LogP) is 1.54. The minimum atomic E-state index is -0.347. The Morgan fingerprint density at radius 2 is 1.70 bits per heavy atom. The summed E-state index contributed by atoms with van der Waals surface area (Å²) in [7, 11) is 1.33. The third-order valence-electron chi connectivity index (χ3n) is 0.534. The van der Waals surface area contributed by atoms with Gasteiger partial charge in [-0.25, -0.2) is 4.79 Å². The maximum atomic E-state index is 10.2. The van der Waals surface area contributed by atoms with Crippen LogP contribution in [0.25, 0.3) is 0 Å². The average molecular weight is 194 g/mol. The van der Waals surface area contributed by atoms with E-state index in [0.29, 0.717) is 5.57 Å². The summed E-state index contributed by atoms with van der Waals surface area (Å²) >= 11 is 0. The molecule has 0 heterocycles. The van der Waals surface area contributed by atoms with E-state index >= 15 is 0 Å². The van der Waals surface area contributed by atoms with Crippen molar-refractivity contribution in [3.05, 3.63) is 25.3 Å². The van der Waals surface area contributed by atoms with Gasteiger partial charge in [0.15, 0.2) is 0 Å². The molecule has 10 heavy (non-hydrogen) atoms. The zero-order valence-corrected chi connectivity index (χ0v) is 9.61. The summed E-state index contributed by atoms with van der Waals surface area (Å²) in [4.78, 5) is 10.2. The summed E-state index contributed by atoms with van der Waals surface area (Å²) in [5.74, 6) is -0.347. The molecule has 0 amide bonds. The van der Waals surface area contributed by atoms with Gasteiger partial charge in [0.05, 0.1) is 7.11 Å². The molecule has 0 aliphatic heterocycles. The number of hydrogen-bond donors (Lipinski definition) is 0. The fraction of sp³-hybridized carbons (Fsp3) is 0.286. The molecule has 0 N–H and O–H groups in total. The van der Waals surface area contributed by atoms with Gasteiger partial charge in [0, 0.05) is 25.1 Å². The van der Waals surface area contributed by atoms with Crippen molar-refractivity contribution in [1.29, 1.82) is 0 Å². The quantitative estimate of drug-likeness (QED) is 0.273. The van der Waals surface area contributed by atoms with Crippen LogP contribution in [0.2, 0.25) is 0 Å². The largest absolute Gasteiger partial charge is 0.466 e. The van der Waals surface area contributed by atoms with Crippen molar-refractivity contribution in [3.8, 4) is 0 Å². The first-order valence-electron chi connectivity index (χ1n) is 2.42. The summed E-state index contributed by atoms with van der Waals surface area (Å²) in [6.07, 6.45) is 0. The molecule has 0 aromatic heterocycles. The van der Waals surface area contributed by atoms with E-state index in [1.165, 1.54) is 7.11 Å². The van der Waals surface area contributed by atoms with Gasteiger partial charge >= 0.3 is 5.97 Å². The fourth-order valence-electron chi connectivity index (χ4n) is 0.174. The molecule has 0 aliphatic carbocycles. The summed E-state index contributed by atoms with van der Waals surface area (Å²) in [6.45, 7) is 11.0. The zero-order chi connectivity index (χ0) is 7.86. The van der Waals surface area contributed by atoms with Crippen molar-refractivity contribution in [2.45, 2.75) is 6.92 Å². The van der Waals surface area contributed by atoms with Crippen LogP contribution in [0, 0.1) is 0 Å². The number of carbonyl (C=O) groups is 1. The van der Waals surface area contributed by atoms with Crippen LogP contribution in [0.5, 0.6) is 0 Å². The molecule has 0 saturated carbocycles. The molecule has 0 unspecified atom stereocenters. The normalized spacial score (nSPS) is 5.80. The molecule has 2 nitrogen and oxygen atoms in total. The Labute approximate surface area is 74.7 Å². The summed E-state index contributed by atoms with van der Waals surface area (Å²) in [6, 6.07) is 0. The molecule has 0 fully saturated rings. The van der Waals surface area contributed by atoms with Gasteiger partial charge in [-0.1, -0.05) is 6.58 Å². The van der Waals surface area contributed by atoms with Gasteiger partial charge < -0.3 is 4.74 Å². The molecule has 0 radical (unpaired) electrons. The van der Waals surface area contributed by atoms with E-state index in [1.54, 1.807) is 6.92 Å². The summed E-state index contributed by atoms with van der Waals surface area (Å²) in [5.41, 5.74) is 0.433. The van der Waals surface area contributed by atoms with E-state index in [1.807, 2.05) is 0 Å². The van der Waals surface area contributed by atoms with E-state index in [0.717, 1.165) is 0 Å². The number of rotatable bonds is 1. The number of carbonyl (C=O) groups excluding carboxylic acids is 1. The van der Waals surface area contributed by atoms with Crippen LogP contribution < -0.4 is 0 Å². The Morgan fingerprint density at radius 3 is 1.70 bits per heavy atom. The fourth-order valence-corrected chi connectivity index (χ4v) is 0.174. The first kappa shape index (κ1) is 16.3. The molecular formula is C7H12O2Zn. The molecule has 0 spiro atoms. The van der Waals surface area contributed by atoms with E-state index in [2.05, 4.69) is 24.5 Å². The van der Waals surface area contributed by atoms with Gasteiger partial charge in [0.25, 0.3) is 0 Å². The molecule has 3 heteroatoms. The molecular weight excluding hydrogens is 181 g/mol. The molecule has 0 atom stereocenters. The standard InChI is InChI=1S/C5H8O2.C2H4.Zn/c1-4(2)5(6)7-3;1-2;/h1H2,2-3H3;1-2H2;. The van der Waals surface area contributed by atoms with Crippen LogP contribution in [-0.2, 0) is 29.0 Å². The van der Waals surface area contributed by atoms with E-state index in [9.17, 15) is 4.79 Å². The Kier molecular flexibility index (Phi) is 18.5. The van der Waals surface area contributed by atoms with E-state index in [4.69, 9.17) is 0 Å². The smallest absolute Gasteiger partial charge is 0.332 e. The van der Waals surface area contributed by atoms with Crippen LogP contribution in [0.3, 0.4) is 0 Å². The van der Waals surface area contributed by atoms with Gasteiger partial charge in [-0.2, -0.15) is 0 Å². The Morgan fingerprint density at radius 1 is 1.40 bits per heavy atom. The van der Waals surface area contributed by atoms with E-state index < -0.39 is 0 Å². The maximum Gasteiger partial charge on any atom is 0.332 e. The monoisotopic (exact) mass is 192 g/mol. The minimum absolute atomic E-state index is 0. The second-order valence-electron chi connectivity index (χ2n) is 1.27. The van der Waals surface area contributed by atoms with Gasteiger partial charge in [0.2, 0.25) is 0 Å². The Bertz CT molecular complexity index is 110. The Balaban J connectivity index is -0.000000149. The second-order valence-corrected chi connectivity index (χ2v) is 1.27. The van der Waals surface area contributed by atoms with Gasteiger partial charge in [-0.05, 0) is 6.92 Å². The van der Waals surface area contributed by atoms with Crippen LogP contribution in [0.1, 0.15) is 6.92 Å². The van der Waals surface area contributed by atoms with Crippen molar-refractivity contribution in [2.24, 2.45) is 0 Å². The zero-order valence-electron chi connectivity index (χ0n) is 6.64. The third-order valence-corrected chi connectivity index (χ3v) is 0.534. The van der Waals surface area contributed by atoms with Crippen LogP contribution in [-0.4, -0.2) is 13.1 Å². The van der Waals surface area contributed by atoms with Gasteiger partial charge in [-0.3, -0.25) is 0 Å². The van der Waals surface area contributed by atoms with Crippen molar-refractivity contribution >= 4 is 5.97 Å². The van der Waals surface area contributed by atoms with Crippen molar-refractivity contribution < 1.29 is 29.0 Å². The third kappa shape index (κ3) is 10.5. The first-order chi connectivity index (χ1) is 4.18. The molecule has 54 valence electrons. The minimum Gasteiger partial charge on any atom is -0.466 e. The number of methoxy groups -OCH3 is 1.